The summed E-state index contributed by atoms with van der Waals surface area (Å²) in [6.07, 6.45) is 19.1. The summed E-state index contributed by atoms with van der Waals surface area (Å²) in [4.78, 5) is 14.4. The molecule has 3 heteroatoms. The average Bonchev–Trinajstić information content (AvgIpc) is 2.62. The number of urea groups is 1. The molecule has 0 rings (SSSR count). The molecule has 3 nitrogen and oxygen atoms in total. The van der Waals surface area contributed by atoms with E-state index in [-0.39, 0.29) is 6.03 Å². The molecule has 0 aromatic heterocycles. The summed E-state index contributed by atoms with van der Waals surface area (Å²) in [6.45, 7) is 9.37. The Bertz CT molecular complexity index is 271. The van der Waals surface area contributed by atoms with Gasteiger partial charge in [0.15, 0.2) is 0 Å². The third-order valence-electron chi connectivity index (χ3n) is 4.91. The molecule has 0 aromatic carbocycles. The van der Waals surface area contributed by atoms with Gasteiger partial charge in [0.25, 0.3) is 0 Å². The summed E-state index contributed by atoms with van der Waals surface area (Å²) in [5, 5.41) is 3.14. The molecule has 0 fully saturated rings. The number of hydrogen-bond acceptors (Lipinski definition) is 1. The van der Waals surface area contributed by atoms with Crippen molar-refractivity contribution in [2.24, 2.45) is 0 Å². The standard InChI is InChI=1S/C22H46N2O/c1-4-7-10-11-12-13-14-15-16-19-23-22(25)24(20-17-8-5-2)21-18-9-6-3/h4-21H2,1-3H3,(H,23,25). The normalized spacial score (nSPS) is 10.8. The number of unbranched alkanes of at least 4 members (excludes halogenated alkanes) is 12. The topological polar surface area (TPSA) is 32.3 Å². The highest BCUT2D eigenvalue weighted by Gasteiger charge is 2.11. The lowest BCUT2D eigenvalue weighted by Gasteiger charge is -2.23. The van der Waals surface area contributed by atoms with Crippen LogP contribution in [-0.4, -0.2) is 30.6 Å². The van der Waals surface area contributed by atoms with Crippen molar-refractivity contribution in [2.45, 2.75) is 117 Å². The van der Waals surface area contributed by atoms with Crippen molar-refractivity contribution < 1.29 is 4.79 Å². The first-order chi connectivity index (χ1) is 12.3. The van der Waals surface area contributed by atoms with Crippen LogP contribution in [0.1, 0.15) is 117 Å². The van der Waals surface area contributed by atoms with Gasteiger partial charge in [-0.25, -0.2) is 4.79 Å². The van der Waals surface area contributed by atoms with E-state index in [9.17, 15) is 4.79 Å². The maximum Gasteiger partial charge on any atom is 0.317 e. The maximum absolute atomic E-state index is 12.4. The molecule has 0 aliphatic rings. The van der Waals surface area contributed by atoms with Gasteiger partial charge in [0, 0.05) is 19.6 Å². The fraction of sp³-hybridized carbons (Fsp3) is 0.955. The Morgan fingerprint density at radius 3 is 1.48 bits per heavy atom. The van der Waals surface area contributed by atoms with E-state index >= 15 is 0 Å². The Balaban J connectivity index is 3.70. The highest BCUT2D eigenvalue weighted by molar-refractivity contribution is 5.74. The molecule has 0 heterocycles. The van der Waals surface area contributed by atoms with Gasteiger partial charge in [-0.2, -0.15) is 0 Å². The van der Waals surface area contributed by atoms with E-state index in [0.29, 0.717) is 0 Å². The second-order valence-electron chi connectivity index (χ2n) is 7.46. The first-order valence-electron chi connectivity index (χ1n) is 11.3. The van der Waals surface area contributed by atoms with E-state index in [4.69, 9.17) is 0 Å². The number of amides is 2. The van der Waals surface area contributed by atoms with E-state index in [1.54, 1.807) is 0 Å². The molecule has 25 heavy (non-hydrogen) atoms. The molecule has 2 amide bonds. The van der Waals surface area contributed by atoms with Crippen LogP contribution in [0.4, 0.5) is 4.79 Å². The number of nitrogens with zero attached hydrogens (tertiary/aromatic N) is 1. The number of rotatable bonds is 18. The molecular formula is C22H46N2O. The minimum atomic E-state index is 0.159. The van der Waals surface area contributed by atoms with Crippen LogP contribution in [0, 0.1) is 0 Å². The lowest BCUT2D eigenvalue weighted by atomic mass is 10.1. The molecule has 0 spiro atoms. The lowest BCUT2D eigenvalue weighted by molar-refractivity contribution is 0.195. The highest BCUT2D eigenvalue weighted by atomic mass is 16.2. The SMILES string of the molecule is CCCCCCCCCCCNC(=O)N(CCCCC)CCCCC. The number of hydrogen-bond donors (Lipinski definition) is 1. The molecule has 0 atom stereocenters. The molecule has 0 aliphatic heterocycles. The van der Waals surface area contributed by atoms with Crippen molar-refractivity contribution in [3.8, 4) is 0 Å². The van der Waals surface area contributed by atoms with Crippen molar-refractivity contribution in [1.29, 1.82) is 0 Å². The van der Waals surface area contributed by atoms with Crippen molar-refractivity contribution in [2.75, 3.05) is 19.6 Å². The van der Waals surface area contributed by atoms with Gasteiger partial charge >= 0.3 is 6.03 Å². The zero-order chi connectivity index (χ0) is 18.6. The van der Waals surface area contributed by atoms with Crippen molar-refractivity contribution >= 4 is 6.03 Å². The van der Waals surface area contributed by atoms with Crippen LogP contribution in [0.15, 0.2) is 0 Å². The Labute approximate surface area is 158 Å². The molecular weight excluding hydrogens is 308 g/mol. The average molecular weight is 355 g/mol. The first-order valence-corrected chi connectivity index (χ1v) is 11.3. The molecule has 0 saturated heterocycles. The van der Waals surface area contributed by atoms with Gasteiger partial charge in [0.2, 0.25) is 0 Å². The van der Waals surface area contributed by atoms with Crippen LogP contribution in [-0.2, 0) is 0 Å². The van der Waals surface area contributed by atoms with Crippen molar-refractivity contribution in [1.82, 2.24) is 10.2 Å². The van der Waals surface area contributed by atoms with E-state index in [1.165, 1.54) is 77.0 Å². The van der Waals surface area contributed by atoms with Gasteiger partial charge < -0.3 is 10.2 Å². The Kier molecular flexibility index (Phi) is 19.0. The van der Waals surface area contributed by atoms with Crippen LogP contribution in [0.2, 0.25) is 0 Å². The largest absolute Gasteiger partial charge is 0.338 e. The Morgan fingerprint density at radius 1 is 0.600 bits per heavy atom. The third-order valence-corrected chi connectivity index (χ3v) is 4.91. The maximum atomic E-state index is 12.4. The first kappa shape index (κ1) is 24.3. The molecule has 0 aliphatic carbocycles. The van der Waals surface area contributed by atoms with E-state index < -0.39 is 0 Å². The van der Waals surface area contributed by atoms with Gasteiger partial charge in [-0.15, -0.1) is 0 Å². The smallest absolute Gasteiger partial charge is 0.317 e. The number of nitrogens with one attached hydrogen (secondary N) is 1. The Hall–Kier alpha value is -0.730. The molecule has 150 valence electrons. The monoisotopic (exact) mass is 354 g/mol. The van der Waals surface area contributed by atoms with Crippen LogP contribution >= 0.6 is 0 Å². The third kappa shape index (κ3) is 16.5. The fourth-order valence-electron chi connectivity index (χ4n) is 3.16. The minimum Gasteiger partial charge on any atom is -0.338 e. The quantitative estimate of drug-likeness (QED) is 0.266. The molecule has 0 bridgehead atoms. The molecule has 0 aromatic rings. The van der Waals surface area contributed by atoms with Crippen LogP contribution in [0.5, 0.6) is 0 Å². The van der Waals surface area contributed by atoms with Gasteiger partial charge in [-0.05, 0) is 19.3 Å². The zero-order valence-electron chi connectivity index (χ0n) is 17.6. The van der Waals surface area contributed by atoms with Gasteiger partial charge in [-0.3, -0.25) is 0 Å². The lowest BCUT2D eigenvalue weighted by Crippen LogP contribution is -2.41. The van der Waals surface area contributed by atoms with E-state index in [2.05, 4.69) is 26.1 Å². The second-order valence-corrected chi connectivity index (χ2v) is 7.46. The molecule has 0 unspecified atom stereocenters. The minimum absolute atomic E-state index is 0.159. The van der Waals surface area contributed by atoms with Crippen LogP contribution in [0.3, 0.4) is 0 Å². The summed E-state index contributed by atoms with van der Waals surface area (Å²) in [5.74, 6) is 0. The second kappa shape index (κ2) is 19.6. The Morgan fingerprint density at radius 2 is 1.00 bits per heavy atom. The summed E-state index contributed by atoms with van der Waals surface area (Å²) in [5.41, 5.74) is 0. The van der Waals surface area contributed by atoms with Crippen LogP contribution < -0.4 is 5.32 Å². The number of carbonyl (C=O) groups excluding carboxylic acids is 1. The summed E-state index contributed by atoms with van der Waals surface area (Å²) in [7, 11) is 0. The number of carbonyl (C=O) groups is 1. The molecule has 1 N–H and O–H groups in total. The fourth-order valence-corrected chi connectivity index (χ4v) is 3.16. The molecule has 0 saturated carbocycles. The van der Waals surface area contributed by atoms with E-state index in [1.807, 2.05) is 4.90 Å². The van der Waals surface area contributed by atoms with Gasteiger partial charge in [0.05, 0.1) is 0 Å². The van der Waals surface area contributed by atoms with Crippen LogP contribution in [0.25, 0.3) is 0 Å². The van der Waals surface area contributed by atoms with Gasteiger partial charge in [-0.1, -0.05) is 97.8 Å². The predicted octanol–water partition coefficient (Wildman–Crippen LogP) is 6.91. The zero-order valence-corrected chi connectivity index (χ0v) is 17.6. The molecule has 0 radical (unpaired) electrons. The van der Waals surface area contributed by atoms with Crippen molar-refractivity contribution in [3.63, 3.8) is 0 Å². The predicted molar refractivity (Wildman–Crippen MR) is 111 cm³/mol. The summed E-state index contributed by atoms with van der Waals surface area (Å²) >= 11 is 0. The van der Waals surface area contributed by atoms with Gasteiger partial charge in [0.1, 0.15) is 0 Å². The van der Waals surface area contributed by atoms with Crippen molar-refractivity contribution in [3.05, 3.63) is 0 Å². The van der Waals surface area contributed by atoms with E-state index in [0.717, 1.165) is 38.9 Å². The summed E-state index contributed by atoms with van der Waals surface area (Å²) in [6, 6.07) is 0.159. The highest BCUT2D eigenvalue weighted by Crippen LogP contribution is 2.09. The summed E-state index contributed by atoms with van der Waals surface area (Å²) < 4.78 is 0.